The van der Waals surface area contributed by atoms with Gasteiger partial charge in [-0.1, -0.05) is 0 Å². The van der Waals surface area contributed by atoms with Gasteiger partial charge in [0.25, 0.3) is 5.91 Å². The quantitative estimate of drug-likeness (QED) is 0.680. The number of aryl methyl sites for hydroxylation is 1. The molecule has 0 aliphatic rings. The van der Waals surface area contributed by atoms with Gasteiger partial charge in [-0.2, -0.15) is 0 Å². The molecule has 3 N–H and O–H groups in total. The molecule has 1 amide bonds. The van der Waals surface area contributed by atoms with Gasteiger partial charge in [0.15, 0.2) is 5.60 Å². The number of hydrogen-bond acceptors (Lipinski definition) is 4. The smallest absolute Gasteiger partial charge is 0.337 e. The maximum atomic E-state index is 11.5. The van der Waals surface area contributed by atoms with Gasteiger partial charge in [-0.25, -0.2) is 4.79 Å². The molecule has 1 rings (SSSR count). The normalized spacial score (nSPS) is 14.2. The first kappa shape index (κ1) is 12.3. The minimum absolute atomic E-state index is 0.290. The van der Waals surface area contributed by atoms with E-state index in [1.165, 1.54) is 12.3 Å². The molecule has 1 aromatic rings. The first-order valence-corrected chi connectivity index (χ1v) is 4.62. The van der Waals surface area contributed by atoms with Gasteiger partial charge < -0.3 is 19.9 Å². The first-order valence-electron chi connectivity index (χ1n) is 4.62. The fourth-order valence-electron chi connectivity index (χ4n) is 0.993. The maximum Gasteiger partial charge on any atom is 0.337 e. The Morgan fingerprint density at radius 2 is 2.19 bits per heavy atom. The van der Waals surface area contributed by atoms with Crippen molar-refractivity contribution in [1.29, 1.82) is 0 Å². The van der Waals surface area contributed by atoms with Crippen molar-refractivity contribution in [3.8, 4) is 0 Å². The number of nitrogens with one attached hydrogen (secondary N) is 1. The summed E-state index contributed by atoms with van der Waals surface area (Å²) in [6.45, 7) is 2.42. The number of rotatable bonds is 4. The summed E-state index contributed by atoms with van der Waals surface area (Å²) < 4.78 is 4.93. The first-order chi connectivity index (χ1) is 7.33. The van der Waals surface area contributed by atoms with E-state index in [1.54, 1.807) is 6.92 Å². The van der Waals surface area contributed by atoms with Crippen molar-refractivity contribution in [3.05, 3.63) is 23.7 Å². The third-order valence-corrected chi connectivity index (χ3v) is 2.05. The Balaban J connectivity index is 2.57. The molecule has 0 aromatic carbocycles. The van der Waals surface area contributed by atoms with Gasteiger partial charge in [0, 0.05) is 0 Å². The average Bonchev–Trinajstić information content (AvgIpc) is 2.61. The molecular weight excluding hydrogens is 214 g/mol. The van der Waals surface area contributed by atoms with Gasteiger partial charge in [-0.15, -0.1) is 0 Å². The lowest BCUT2D eigenvalue weighted by atomic mass is 10.1. The molecule has 0 saturated carbocycles. The third-order valence-electron chi connectivity index (χ3n) is 2.05. The number of hydrogen-bond donors (Lipinski definition) is 3. The summed E-state index contributed by atoms with van der Waals surface area (Å²) in [6.07, 6.45) is 1.26. The highest BCUT2D eigenvalue weighted by molar-refractivity contribution is 5.94. The minimum atomic E-state index is -1.98. The van der Waals surface area contributed by atoms with Crippen LogP contribution in [0.1, 0.15) is 23.0 Å². The zero-order valence-corrected chi connectivity index (χ0v) is 8.98. The topological polar surface area (TPSA) is 99.8 Å². The highest BCUT2D eigenvalue weighted by Crippen LogP contribution is 2.07. The van der Waals surface area contributed by atoms with Gasteiger partial charge in [-0.3, -0.25) is 4.79 Å². The fourth-order valence-corrected chi connectivity index (χ4v) is 0.993. The molecule has 16 heavy (non-hydrogen) atoms. The Kier molecular flexibility index (Phi) is 3.34. The second kappa shape index (κ2) is 4.36. The number of aliphatic carboxylic acids is 1. The number of carboxylic acid groups (broad SMARTS) is 1. The van der Waals surface area contributed by atoms with E-state index in [0.717, 1.165) is 6.92 Å². The van der Waals surface area contributed by atoms with Crippen LogP contribution in [0.15, 0.2) is 16.7 Å². The van der Waals surface area contributed by atoms with Crippen molar-refractivity contribution in [2.24, 2.45) is 0 Å². The van der Waals surface area contributed by atoms with Crippen LogP contribution in [0.4, 0.5) is 0 Å². The molecule has 1 atom stereocenters. The van der Waals surface area contributed by atoms with Crippen molar-refractivity contribution >= 4 is 11.9 Å². The Morgan fingerprint density at radius 1 is 1.56 bits per heavy atom. The van der Waals surface area contributed by atoms with E-state index < -0.39 is 17.5 Å². The second-order valence-corrected chi connectivity index (χ2v) is 3.71. The number of carbonyl (C=O) groups excluding carboxylic acids is 1. The van der Waals surface area contributed by atoms with Crippen LogP contribution in [0, 0.1) is 6.92 Å². The summed E-state index contributed by atoms with van der Waals surface area (Å²) in [5, 5.41) is 20.3. The van der Waals surface area contributed by atoms with Crippen LogP contribution in [-0.2, 0) is 4.79 Å². The summed E-state index contributed by atoms with van der Waals surface area (Å²) in [6, 6.07) is 1.52. The van der Waals surface area contributed by atoms with Gasteiger partial charge >= 0.3 is 5.97 Å². The predicted molar refractivity (Wildman–Crippen MR) is 54.0 cm³/mol. The van der Waals surface area contributed by atoms with Crippen LogP contribution < -0.4 is 5.32 Å². The molecular formula is C10H13NO5. The second-order valence-electron chi connectivity index (χ2n) is 3.71. The summed E-state index contributed by atoms with van der Waals surface area (Å²) in [5.74, 6) is -1.30. The van der Waals surface area contributed by atoms with E-state index in [1.807, 2.05) is 0 Å². The number of carboxylic acids is 1. The van der Waals surface area contributed by atoms with E-state index in [-0.39, 0.29) is 6.54 Å². The van der Waals surface area contributed by atoms with Crippen LogP contribution in [0.2, 0.25) is 0 Å². The van der Waals surface area contributed by atoms with Crippen molar-refractivity contribution < 1.29 is 24.2 Å². The Bertz CT molecular complexity index is 407. The Morgan fingerprint density at radius 3 is 2.62 bits per heavy atom. The van der Waals surface area contributed by atoms with E-state index >= 15 is 0 Å². The van der Waals surface area contributed by atoms with Crippen LogP contribution >= 0.6 is 0 Å². The predicted octanol–water partition coefficient (Wildman–Crippen LogP) is 0.153. The van der Waals surface area contributed by atoms with E-state index in [2.05, 4.69) is 5.32 Å². The van der Waals surface area contributed by atoms with E-state index in [9.17, 15) is 14.7 Å². The zero-order valence-electron chi connectivity index (χ0n) is 8.98. The molecule has 0 aliphatic heterocycles. The summed E-state index contributed by atoms with van der Waals surface area (Å²) in [4.78, 5) is 22.0. The van der Waals surface area contributed by atoms with Crippen molar-refractivity contribution in [1.82, 2.24) is 5.32 Å². The third kappa shape index (κ3) is 2.83. The lowest BCUT2D eigenvalue weighted by Crippen LogP contribution is -2.46. The summed E-state index contributed by atoms with van der Waals surface area (Å²) in [5.41, 5.74) is -1.69. The maximum absolute atomic E-state index is 11.5. The van der Waals surface area contributed by atoms with Gasteiger partial charge in [0.05, 0.1) is 12.1 Å². The van der Waals surface area contributed by atoms with Gasteiger partial charge in [0.1, 0.15) is 12.0 Å². The molecule has 0 fully saturated rings. The lowest BCUT2D eigenvalue weighted by Gasteiger charge is -2.17. The molecule has 0 spiro atoms. The highest BCUT2D eigenvalue weighted by Gasteiger charge is 2.30. The molecule has 0 radical (unpaired) electrons. The summed E-state index contributed by atoms with van der Waals surface area (Å²) >= 11 is 0. The van der Waals surface area contributed by atoms with E-state index in [0.29, 0.717) is 11.3 Å². The number of amides is 1. The molecule has 1 aromatic heterocycles. The van der Waals surface area contributed by atoms with Crippen LogP contribution in [0.25, 0.3) is 0 Å². The van der Waals surface area contributed by atoms with Crippen molar-refractivity contribution in [3.63, 3.8) is 0 Å². The zero-order chi connectivity index (χ0) is 12.3. The van der Waals surface area contributed by atoms with Crippen molar-refractivity contribution in [2.75, 3.05) is 6.54 Å². The molecule has 0 bridgehead atoms. The minimum Gasteiger partial charge on any atom is -0.479 e. The van der Waals surface area contributed by atoms with Crippen molar-refractivity contribution in [2.45, 2.75) is 19.4 Å². The largest absolute Gasteiger partial charge is 0.479 e. The van der Waals surface area contributed by atoms with E-state index in [4.69, 9.17) is 9.52 Å². The molecule has 0 saturated heterocycles. The monoisotopic (exact) mass is 227 g/mol. The highest BCUT2D eigenvalue weighted by atomic mass is 16.4. The standard InChI is InChI=1S/C10H13NO5/c1-6-3-7(4-16-6)8(12)11-5-10(2,15)9(13)14/h3-4,15H,5H2,1-2H3,(H,11,12)(H,13,14). The molecule has 6 heteroatoms. The lowest BCUT2D eigenvalue weighted by molar-refractivity contribution is -0.155. The van der Waals surface area contributed by atoms with Crippen LogP contribution in [-0.4, -0.2) is 34.2 Å². The molecule has 1 heterocycles. The fraction of sp³-hybridized carbons (Fsp3) is 0.400. The number of furan rings is 1. The Labute approximate surface area is 91.9 Å². The molecule has 1 unspecified atom stereocenters. The van der Waals surface area contributed by atoms with Gasteiger partial charge in [-0.05, 0) is 19.9 Å². The Hall–Kier alpha value is -1.82. The molecule has 88 valence electrons. The van der Waals surface area contributed by atoms with Gasteiger partial charge in [0.2, 0.25) is 0 Å². The number of aliphatic hydroxyl groups is 1. The van der Waals surface area contributed by atoms with Crippen LogP contribution in [0.5, 0.6) is 0 Å². The average molecular weight is 227 g/mol. The molecule has 6 nitrogen and oxygen atoms in total. The number of carbonyl (C=O) groups is 2. The summed E-state index contributed by atoms with van der Waals surface area (Å²) in [7, 11) is 0. The molecule has 0 aliphatic carbocycles. The SMILES string of the molecule is Cc1cc(C(=O)NCC(C)(O)C(=O)O)co1. The van der Waals surface area contributed by atoms with Crippen LogP contribution in [0.3, 0.4) is 0 Å².